The van der Waals surface area contributed by atoms with Crippen molar-refractivity contribution in [3.8, 4) is 11.5 Å². The van der Waals surface area contributed by atoms with E-state index < -0.39 is 41.6 Å². The number of aromatic hydroxyl groups is 1. The van der Waals surface area contributed by atoms with Crippen molar-refractivity contribution in [1.82, 2.24) is 0 Å². The summed E-state index contributed by atoms with van der Waals surface area (Å²) in [5.74, 6) is -2.20. The van der Waals surface area contributed by atoms with Gasteiger partial charge in [-0.2, -0.15) is 0 Å². The van der Waals surface area contributed by atoms with E-state index in [-0.39, 0.29) is 34.4 Å². The van der Waals surface area contributed by atoms with Gasteiger partial charge in [-0.05, 0) is 19.1 Å². The number of hydrogen-bond acceptors (Lipinski definition) is 8. The van der Waals surface area contributed by atoms with Gasteiger partial charge in [0.25, 0.3) is 0 Å². The first-order valence-corrected chi connectivity index (χ1v) is 7.95. The first kappa shape index (κ1) is 18.1. The number of benzene rings is 1. The summed E-state index contributed by atoms with van der Waals surface area (Å²) < 4.78 is 15.1. The number of aliphatic hydroxyl groups is 1. The van der Waals surface area contributed by atoms with Crippen molar-refractivity contribution in [1.29, 1.82) is 0 Å². The van der Waals surface area contributed by atoms with Crippen LogP contribution in [0.4, 0.5) is 0 Å². The third kappa shape index (κ3) is 2.58. The molecule has 0 unspecified atom stereocenters. The van der Waals surface area contributed by atoms with Crippen LogP contribution in [-0.4, -0.2) is 60.3 Å². The SMILES string of the molecule is COC(=O)C[C@@H]1O[C@H](C)C2=C(C(=O)c3ccc(OC)c(O)c3C2=O)[C@H]1O. The third-order valence-electron chi connectivity index (χ3n) is 4.64. The fourth-order valence-electron chi connectivity index (χ4n) is 3.38. The number of esters is 1. The topological polar surface area (TPSA) is 119 Å². The average Bonchev–Trinajstić information content (AvgIpc) is 2.61. The summed E-state index contributed by atoms with van der Waals surface area (Å²) in [5, 5.41) is 20.8. The number of hydrogen-bond donors (Lipinski definition) is 2. The van der Waals surface area contributed by atoms with E-state index >= 15 is 0 Å². The van der Waals surface area contributed by atoms with Crippen molar-refractivity contribution in [2.45, 2.75) is 31.7 Å². The zero-order valence-electron chi connectivity index (χ0n) is 14.4. The largest absolute Gasteiger partial charge is 0.504 e. The van der Waals surface area contributed by atoms with Crippen molar-refractivity contribution >= 4 is 17.5 Å². The lowest BCUT2D eigenvalue weighted by Crippen LogP contribution is -2.47. The summed E-state index contributed by atoms with van der Waals surface area (Å²) in [7, 11) is 2.53. The number of ether oxygens (including phenoxy) is 3. The summed E-state index contributed by atoms with van der Waals surface area (Å²) in [4.78, 5) is 37.4. The maximum absolute atomic E-state index is 12.9. The molecular formula is C18H18O8. The van der Waals surface area contributed by atoms with Crippen LogP contribution in [0.1, 0.15) is 34.1 Å². The summed E-state index contributed by atoms with van der Waals surface area (Å²) >= 11 is 0. The smallest absolute Gasteiger partial charge is 0.308 e. The predicted octanol–water partition coefficient (Wildman–Crippen LogP) is 0.788. The summed E-state index contributed by atoms with van der Waals surface area (Å²) in [6.07, 6.45) is -3.59. The number of fused-ring (bicyclic) bond motifs is 1. The lowest BCUT2D eigenvalue weighted by Gasteiger charge is -2.37. The molecule has 0 fully saturated rings. The molecule has 3 rings (SSSR count). The van der Waals surface area contributed by atoms with E-state index in [1.165, 1.54) is 26.4 Å². The zero-order chi connectivity index (χ0) is 19.2. The highest BCUT2D eigenvalue weighted by Gasteiger charge is 2.46. The van der Waals surface area contributed by atoms with Crippen molar-refractivity contribution in [3.63, 3.8) is 0 Å². The molecule has 2 aliphatic rings. The van der Waals surface area contributed by atoms with Crippen molar-refractivity contribution in [3.05, 3.63) is 34.4 Å². The van der Waals surface area contributed by atoms with Crippen LogP contribution >= 0.6 is 0 Å². The molecule has 1 aromatic rings. The Hall–Kier alpha value is -2.71. The Morgan fingerprint density at radius 2 is 1.88 bits per heavy atom. The Bertz CT molecular complexity index is 838. The van der Waals surface area contributed by atoms with Gasteiger partial charge in [0.2, 0.25) is 0 Å². The van der Waals surface area contributed by atoms with Crippen LogP contribution in [0.3, 0.4) is 0 Å². The molecule has 1 aliphatic heterocycles. The van der Waals surface area contributed by atoms with E-state index in [1.54, 1.807) is 6.92 Å². The van der Waals surface area contributed by atoms with Crippen LogP contribution in [0.15, 0.2) is 23.3 Å². The number of rotatable bonds is 3. The molecule has 0 amide bonds. The van der Waals surface area contributed by atoms with Gasteiger partial charge in [-0.15, -0.1) is 0 Å². The van der Waals surface area contributed by atoms with Gasteiger partial charge in [0.1, 0.15) is 6.10 Å². The Morgan fingerprint density at radius 3 is 2.50 bits per heavy atom. The molecule has 1 aliphatic carbocycles. The van der Waals surface area contributed by atoms with Gasteiger partial charge < -0.3 is 24.4 Å². The molecule has 3 atom stereocenters. The van der Waals surface area contributed by atoms with E-state index in [9.17, 15) is 24.6 Å². The number of ketones is 2. The molecule has 0 saturated carbocycles. The maximum atomic E-state index is 12.9. The first-order chi connectivity index (χ1) is 12.3. The normalized spacial score (nSPS) is 24.8. The lowest BCUT2D eigenvalue weighted by molar-refractivity contribution is -0.148. The number of aliphatic hydroxyl groups excluding tert-OH is 1. The minimum atomic E-state index is -1.46. The molecular weight excluding hydrogens is 344 g/mol. The standard InChI is InChI=1S/C18H18O8/c1-7-12-14(17(22)10(26-7)6-11(19)25-3)15(20)8-4-5-9(24-2)16(21)13(8)18(12)23/h4-5,7,10,17,21-22H,6H2,1-3H3/t7-,10+,17+/m1/s1. The molecule has 0 radical (unpaired) electrons. The fraction of sp³-hybridized carbons (Fsp3) is 0.389. The van der Waals surface area contributed by atoms with Crippen LogP contribution in [0.2, 0.25) is 0 Å². The second-order valence-electron chi connectivity index (χ2n) is 6.07. The van der Waals surface area contributed by atoms with Crippen molar-refractivity contribution in [2.24, 2.45) is 0 Å². The molecule has 8 nitrogen and oxygen atoms in total. The minimum Gasteiger partial charge on any atom is -0.504 e. The zero-order valence-corrected chi connectivity index (χ0v) is 14.4. The lowest BCUT2D eigenvalue weighted by atomic mass is 9.76. The second kappa shape index (κ2) is 6.54. The van der Waals surface area contributed by atoms with Crippen molar-refractivity contribution < 1.29 is 38.8 Å². The Morgan fingerprint density at radius 1 is 1.19 bits per heavy atom. The van der Waals surface area contributed by atoms with Crippen LogP contribution in [0, 0.1) is 0 Å². The third-order valence-corrected chi connectivity index (χ3v) is 4.64. The number of carbonyl (C=O) groups is 3. The quantitative estimate of drug-likeness (QED) is 0.758. The molecule has 0 bridgehead atoms. The van der Waals surface area contributed by atoms with Gasteiger partial charge in [-0.25, -0.2) is 0 Å². The summed E-state index contributed by atoms with van der Waals surface area (Å²) in [6.45, 7) is 1.54. The molecule has 1 aromatic carbocycles. The maximum Gasteiger partial charge on any atom is 0.308 e. The highest BCUT2D eigenvalue weighted by Crippen LogP contribution is 2.42. The second-order valence-corrected chi connectivity index (χ2v) is 6.07. The van der Waals surface area contributed by atoms with Crippen LogP contribution in [0.25, 0.3) is 0 Å². The summed E-state index contributed by atoms with van der Waals surface area (Å²) in [6, 6.07) is 2.73. The Kier molecular flexibility index (Phi) is 4.55. The molecule has 26 heavy (non-hydrogen) atoms. The van der Waals surface area contributed by atoms with E-state index in [4.69, 9.17) is 9.47 Å². The van der Waals surface area contributed by atoms with E-state index in [1.807, 2.05) is 0 Å². The number of carbonyl (C=O) groups excluding carboxylic acids is 3. The minimum absolute atomic E-state index is 0.0281. The molecule has 2 N–H and O–H groups in total. The fourth-order valence-corrected chi connectivity index (χ4v) is 3.38. The first-order valence-electron chi connectivity index (χ1n) is 7.95. The van der Waals surface area contributed by atoms with Gasteiger partial charge in [0, 0.05) is 16.7 Å². The van der Waals surface area contributed by atoms with Gasteiger partial charge in [0.15, 0.2) is 23.1 Å². The van der Waals surface area contributed by atoms with Gasteiger partial charge in [0.05, 0.1) is 38.4 Å². The molecule has 0 saturated heterocycles. The van der Waals surface area contributed by atoms with E-state index in [0.717, 1.165) is 0 Å². The van der Waals surface area contributed by atoms with Crippen LogP contribution < -0.4 is 4.74 Å². The number of phenolic OH excluding ortho intramolecular Hbond substituents is 1. The molecule has 8 heteroatoms. The van der Waals surface area contributed by atoms with E-state index in [2.05, 4.69) is 4.74 Å². The Labute approximate surface area is 149 Å². The number of Topliss-reactive ketones (excluding diaryl/α,β-unsaturated/α-hetero) is 2. The highest BCUT2D eigenvalue weighted by atomic mass is 16.5. The summed E-state index contributed by atoms with van der Waals surface area (Å²) in [5.41, 5.74) is -0.349. The average molecular weight is 362 g/mol. The van der Waals surface area contributed by atoms with E-state index in [0.29, 0.717) is 0 Å². The monoisotopic (exact) mass is 362 g/mol. The van der Waals surface area contributed by atoms with Gasteiger partial charge >= 0.3 is 5.97 Å². The van der Waals surface area contributed by atoms with Gasteiger partial charge in [-0.3, -0.25) is 14.4 Å². The molecule has 0 aromatic heterocycles. The predicted molar refractivity (Wildman–Crippen MR) is 87.3 cm³/mol. The number of phenols is 1. The molecule has 138 valence electrons. The van der Waals surface area contributed by atoms with Crippen molar-refractivity contribution in [2.75, 3.05) is 14.2 Å². The highest BCUT2D eigenvalue weighted by molar-refractivity contribution is 6.29. The molecule has 0 spiro atoms. The van der Waals surface area contributed by atoms with Crippen LogP contribution in [-0.2, 0) is 14.3 Å². The van der Waals surface area contributed by atoms with Crippen LogP contribution in [0.5, 0.6) is 11.5 Å². The molecule has 1 heterocycles. The number of methoxy groups -OCH3 is 2. The van der Waals surface area contributed by atoms with Gasteiger partial charge in [-0.1, -0.05) is 0 Å². The Balaban J connectivity index is 2.11.